The Bertz CT molecular complexity index is 877. The topological polar surface area (TPSA) is 116 Å². The smallest absolute Gasteiger partial charge is 0.327 e. The lowest BCUT2D eigenvalue weighted by Gasteiger charge is -2.13. The van der Waals surface area contributed by atoms with Crippen molar-refractivity contribution in [3.8, 4) is 5.75 Å². The monoisotopic (exact) mass is 619 g/mol. The molecule has 10 heteroatoms. The molecule has 0 heterocycles. The van der Waals surface area contributed by atoms with E-state index in [1.807, 2.05) is 19.1 Å². The second-order valence-corrected chi connectivity index (χ2v) is 9.05. The summed E-state index contributed by atoms with van der Waals surface area (Å²) in [5.41, 5.74) is 7.44. The summed E-state index contributed by atoms with van der Waals surface area (Å²) in [5.74, 6) is 0.346. The number of methoxy groups -OCH3 is 2. The van der Waals surface area contributed by atoms with Gasteiger partial charge in [-0.15, -0.1) is 0 Å². The van der Waals surface area contributed by atoms with Crippen LogP contribution in [-0.2, 0) is 19.6 Å². The molecule has 0 saturated heterocycles. The van der Waals surface area contributed by atoms with Gasteiger partial charge in [-0.2, -0.15) is 8.42 Å². The summed E-state index contributed by atoms with van der Waals surface area (Å²) in [7, 11) is -1.09. The van der Waals surface area contributed by atoms with Crippen molar-refractivity contribution in [2.45, 2.75) is 17.9 Å². The number of halogens is 2. The lowest BCUT2D eigenvalue weighted by Crippen LogP contribution is -2.22. The van der Waals surface area contributed by atoms with Crippen LogP contribution < -0.4 is 10.5 Å². The summed E-state index contributed by atoms with van der Waals surface area (Å²) in [6, 6.07) is 8.88. The third-order valence-corrected chi connectivity index (χ3v) is 5.83. The minimum atomic E-state index is -4.02. The number of carbonyl (C=O) groups excluding carboxylic acids is 1. The fourth-order valence-corrected chi connectivity index (χ4v) is 4.66. The zero-order valence-corrected chi connectivity index (χ0v) is 19.9. The average molecular weight is 619 g/mol. The zero-order chi connectivity index (χ0) is 20.8. The highest BCUT2D eigenvalue weighted by Gasteiger charge is 2.19. The lowest BCUT2D eigenvalue weighted by molar-refractivity contribution is -0.142. The van der Waals surface area contributed by atoms with Gasteiger partial charge in [-0.1, -0.05) is 17.7 Å². The van der Waals surface area contributed by atoms with Gasteiger partial charge in [0.2, 0.25) is 0 Å². The van der Waals surface area contributed by atoms with E-state index in [4.69, 9.17) is 15.0 Å². The van der Waals surface area contributed by atoms with Crippen molar-refractivity contribution in [2.75, 3.05) is 14.2 Å². The average Bonchev–Trinajstić information content (AvgIpc) is 2.60. The molecule has 0 fully saturated rings. The van der Waals surface area contributed by atoms with E-state index in [9.17, 15) is 13.2 Å². The van der Waals surface area contributed by atoms with Gasteiger partial charge >= 0.3 is 5.97 Å². The minimum absolute atomic E-state index is 0.0666. The molecule has 27 heavy (non-hydrogen) atoms. The van der Waals surface area contributed by atoms with Crippen LogP contribution in [-0.4, -0.2) is 33.2 Å². The van der Waals surface area contributed by atoms with Crippen LogP contribution in [0.4, 0.5) is 0 Å². The van der Waals surface area contributed by atoms with Crippen LogP contribution in [0.3, 0.4) is 0 Å². The Labute approximate surface area is 185 Å². The highest BCUT2D eigenvalue weighted by Crippen LogP contribution is 2.30. The Hall–Kier alpha value is -0.960. The van der Waals surface area contributed by atoms with Crippen molar-refractivity contribution < 1.29 is 27.2 Å². The van der Waals surface area contributed by atoms with E-state index in [-0.39, 0.29) is 4.90 Å². The summed E-state index contributed by atoms with van der Waals surface area (Å²) in [6.07, 6.45) is 0. The first-order chi connectivity index (χ1) is 12.5. The summed E-state index contributed by atoms with van der Waals surface area (Å²) in [6.45, 7) is 1.84. The third-order valence-electron chi connectivity index (χ3n) is 3.36. The van der Waals surface area contributed by atoms with E-state index >= 15 is 0 Å². The normalized spacial score (nSPS) is 11.8. The van der Waals surface area contributed by atoms with Crippen LogP contribution in [0.25, 0.3) is 0 Å². The molecule has 0 unspecified atom stereocenters. The molecule has 0 spiro atoms. The van der Waals surface area contributed by atoms with E-state index in [2.05, 4.69) is 49.9 Å². The fraction of sp³-hybridized carbons (Fsp3) is 0.235. The molecule has 1 atom stereocenters. The summed E-state index contributed by atoms with van der Waals surface area (Å²) >= 11 is 4.29. The largest absolute Gasteiger partial charge is 0.495 e. The van der Waals surface area contributed by atoms with Crippen molar-refractivity contribution in [3.63, 3.8) is 0 Å². The van der Waals surface area contributed by atoms with E-state index < -0.39 is 22.1 Å². The van der Waals surface area contributed by atoms with E-state index in [0.717, 1.165) is 24.0 Å². The SMILES string of the molecule is COC(=O)[C@H](N)c1cc(I)c(OC)c(I)c1.Cc1ccc(S(=O)(=O)O)cc1. The van der Waals surface area contributed by atoms with Gasteiger partial charge in [-0.25, -0.2) is 0 Å². The molecular formula is C17H19I2NO6S. The molecule has 0 saturated carbocycles. The number of nitrogens with two attached hydrogens (primary N) is 1. The van der Waals surface area contributed by atoms with Gasteiger partial charge in [-0.3, -0.25) is 9.35 Å². The van der Waals surface area contributed by atoms with Crippen LogP contribution in [0.1, 0.15) is 17.2 Å². The predicted octanol–water partition coefficient (Wildman–Crippen LogP) is 3.32. The Morgan fingerprint density at radius 1 is 1.11 bits per heavy atom. The van der Waals surface area contributed by atoms with Crippen LogP contribution in [0.2, 0.25) is 0 Å². The summed E-state index contributed by atoms with van der Waals surface area (Å²) < 4.78 is 41.2. The molecule has 0 bridgehead atoms. The highest BCUT2D eigenvalue weighted by molar-refractivity contribution is 14.1. The molecule has 0 aliphatic carbocycles. The molecule has 0 aliphatic heterocycles. The molecule has 0 aromatic heterocycles. The molecule has 3 N–H and O–H groups in total. The summed E-state index contributed by atoms with van der Waals surface area (Å²) in [5, 5.41) is 0. The molecule has 7 nitrogen and oxygen atoms in total. The van der Waals surface area contributed by atoms with Crippen molar-refractivity contribution in [1.29, 1.82) is 0 Å². The molecule has 0 radical (unpaired) electrons. The molecule has 2 rings (SSSR count). The summed E-state index contributed by atoms with van der Waals surface area (Å²) in [4.78, 5) is 11.2. The standard InChI is InChI=1S/C10H11I2NO3.C7H8O3S/c1-15-9-6(11)3-5(4-7(9)12)8(13)10(14)16-2;1-6-2-4-7(5-3-6)11(8,9)10/h3-4,8H,13H2,1-2H3;2-5H,1H3,(H,8,9,10)/t8-;/m1./s1. The van der Waals surface area contributed by atoms with Gasteiger partial charge in [-0.05, 0) is 81.9 Å². The van der Waals surface area contributed by atoms with E-state index in [0.29, 0.717) is 0 Å². The van der Waals surface area contributed by atoms with Crippen molar-refractivity contribution in [3.05, 3.63) is 54.7 Å². The number of esters is 1. The van der Waals surface area contributed by atoms with Gasteiger partial charge in [0, 0.05) is 0 Å². The number of ether oxygens (including phenoxy) is 2. The molecule has 2 aromatic carbocycles. The number of carbonyl (C=O) groups is 1. The lowest BCUT2D eigenvalue weighted by atomic mass is 10.1. The van der Waals surface area contributed by atoms with Gasteiger partial charge in [0.05, 0.1) is 26.3 Å². The minimum Gasteiger partial charge on any atom is -0.495 e. The highest BCUT2D eigenvalue weighted by atomic mass is 127. The zero-order valence-electron chi connectivity index (χ0n) is 14.8. The Balaban J connectivity index is 0.000000289. The first-order valence-electron chi connectivity index (χ1n) is 7.41. The molecule has 148 valence electrons. The number of benzene rings is 2. The van der Waals surface area contributed by atoms with Gasteiger partial charge in [0.15, 0.2) is 0 Å². The Morgan fingerprint density at radius 3 is 1.96 bits per heavy atom. The first-order valence-corrected chi connectivity index (χ1v) is 11.0. The molecule has 0 amide bonds. The van der Waals surface area contributed by atoms with E-state index in [1.165, 1.54) is 19.2 Å². The number of hydrogen-bond acceptors (Lipinski definition) is 6. The maximum Gasteiger partial charge on any atom is 0.327 e. The van der Waals surface area contributed by atoms with Gasteiger partial charge < -0.3 is 15.2 Å². The van der Waals surface area contributed by atoms with Crippen LogP contribution in [0.15, 0.2) is 41.3 Å². The molecule has 2 aromatic rings. The van der Waals surface area contributed by atoms with Gasteiger partial charge in [0.1, 0.15) is 11.8 Å². The van der Waals surface area contributed by atoms with Crippen molar-refractivity contribution in [2.24, 2.45) is 5.73 Å². The van der Waals surface area contributed by atoms with Crippen LogP contribution in [0, 0.1) is 14.1 Å². The number of rotatable bonds is 4. The number of hydrogen-bond donors (Lipinski definition) is 2. The predicted molar refractivity (Wildman–Crippen MR) is 118 cm³/mol. The van der Waals surface area contributed by atoms with E-state index in [1.54, 1.807) is 19.2 Å². The quantitative estimate of drug-likeness (QED) is 0.307. The fourth-order valence-electron chi connectivity index (χ4n) is 1.93. The second-order valence-electron chi connectivity index (χ2n) is 5.31. The van der Waals surface area contributed by atoms with Crippen LogP contribution in [0.5, 0.6) is 5.75 Å². The maximum atomic E-state index is 11.3. The first kappa shape index (κ1) is 24.1. The maximum absolute atomic E-state index is 11.3. The van der Waals surface area contributed by atoms with Gasteiger partial charge in [0.25, 0.3) is 10.1 Å². The second kappa shape index (κ2) is 10.5. The van der Waals surface area contributed by atoms with Crippen molar-refractivity contribution in [1.82, 2.24) is 0 Å². The third kappa shape index (κ3) is 7.18. The Morgan fingerprint density at radius 2 is 1.59 bits per heavy atom. The van der Waals surface area contributed by atoms with Crippen LogP contribution >= 0.6 is 45.2 Å². The van der Waals surface area contributed by atoms with Crippen molar-refractivity contribution >= 4 is 61.3 Å². The Kier molecular flexibility index (Phi) is 9.41. The molecule has 0 aliphatic rings. The number of aryl methyl sites for hydroxylation is 1. The molecular weight excluding hydrogens is 600 g/mol.